The van der Waals surface area contributed by atoms with Gasteiger partial charge in [0.2, 0.25) is 0 Å². The number of nitrogens with two attached hydrogens (primary N) is 1. The van der Waals surface area contributed by atoms with Crippen molar-refractivity contribution in [1.29, 1.82) is 0 Å². The van der Waals surface area contributed by atoms with E-state index in [1.807, 2.05) is 0 Å². The van der Waals surface area contributed by atoms with E-state index in [4.69, 9.17) is 5.73 Å². The van der Waals surface area contributed by atoms with Crippen molar-refractivity contribution >= 4 is 21.7 Å². The van der Waals surface area contributed by atoms with Gasteiger partial charge in [0.15, 0.2) is 11.6 Å². The largest absolute Gasteiger partial charge is 0.368 e. The van der Waals surface area contributed by atoms with Gasteiger partial charge >= 0.3 is 0 Å². The lowest BCUT2D eigenvalue weighted by atomic mass is 10.1. The summed E-state index contributed by atoms with van der Waals surface area (Å²) in [4.78, 5) is 3.96. The summed E-state index contributed by atoms with van der Waals surface area (Å²) in [5, 5.41) is 2.97. The standard InChI is InChI=1S/C11H17BrFN3/c1-8(6-14)3-2-4-15-11-10(13)5-9(12)7-16-11/h5,7-8H,2-4,6,14H2,1H3,(H,15,16). The number of pyridine rings is 1. The fraction of sp³-hybridized carbons (Fsp3) is 0.545. The Morgan fingerprint density at radius 3 is 3.00 bits per heavy atom. The number of aromatic nitrogens is 1. The first-order valence-corrected chi connectivity index (χ1v) is 6.17. The normalized spacial score (nSPS) is 12.5. The third kappa shape index (κ3) is 4.45. The maximum atomic E-state index is 13.3. The Bertz CT molecular complexity index is 333. The number of hydrogen-bond donors (Lipinski definition) is 2. The minimum atomic E-state index is -0.332. The van der Waals surface area contributed by atoms with Crippen molar-refractivity contribution < 1.29 is 4.39 Å². The van der Waals surface area contributed by atoms with Crippen LogP contribution in [0.1, 0.15) is 19.8 Å². The van der Waals surface area contributed by atoms with E-state index in [-0.39, 0.29) is 5.82 Å². The number of rotatable bonds is 6. The van der Waals surface area contributed by atoms with Gasteiger partial charge in [-0.05, 0) is 47.3 Å². The third-order valence-corrected chi connectivity index (χ3v) is 2.81. The lowest BCUT2D eigenvalue weighted by Gasteiger charge is -2.09. The summed E-state index contributed by atoms with van der Waals surface area (Å²) in [7, 11) is 0. The smallest absolute Gasteiger partial charge is 0.166 e. The number of anilines is 1. The summed E-state index contributed by atoms with van der Waals surface area (Å²) in [6, 6.07) is 1.40. The molecule has 0 amide bonds. The zero-order chi connectivity index (χ0) is 12.0. The molecule has 1 unspecified atom stereocenters. The molecule has 1 aromatic heterocycles. The minimum absolute atomic E-state index is 0.309. The van der Waals surface area contributed by atoms with E-state index in [1.54, 1.807) is 6.20 Å². The highest BCUT2D eigenvalue weighted by molar-refractivity contribution is 9.10. The molecule has 0 fully saturated rings. The van der Waals surface area contributed by atoms with Gasteiger partial charge in [0.05, 0.1) is 0 Å². The van der Waals surface area contributed by atoms with E-state index in [0.29, 0.717) is 22.8 Å². The van der Waals surface area contributed by atoms with Crippen LogP contribution in [0.5, 0.6) is 0 Å². The SMILES string of the molecule is CC(CN)CCCNc1ncc(Br)cc1F. The van der Waals surface area contributed by atoms with E-state index < -0.39 is 0 Å². The summed E-state index contributed by atoms with van der Waals surface area (Å²) in [5.74, 6) is 0.495. The van der Waals surface area contributed by atoms with Crippen molar-refractivity contribution in [3.8, 4) is 0 Å². The van der Waals surface area contributed by atoms with Crippen LogP contribution in [-0.2, 0) is 0 Å². The molecule has 0 saturated carbocycles. The van der Waals surface area contributed by atoms with Gasteiger partial charge in [-0.1, -0.05) is 6.92 Å². The zero-order valence-electron chi connectivity index (χ0n) is 9.34. The summed E-state index contributed by atoms with van der Waals surface area (Å²) < 4.78 is 14.0. The Morgan fingerprint density at radius 2 is 2.38 bits per heavy atom. The fourth-order valence-corrected chi connectivity index (χ4v) is 1.62. The molecule has 5 heteroatoms. The van der Waals surface area contributed by atoms with Crippen molar-refractivity contribution in [3.05, 3.63) is 22.6 Å². The van der Waals surface area contributed by atoms with Gasteiger partial charge in [0.25, 0.3) is 0 Å². The maximum Gasteiger partial charge on any atom is 0.166 e. The maximum absolute atomic E-state index is 13.3. The van der Waals surface area contributed by atoms with Gasteiger partial charge in [-0.2, -0.15) is 0 Å². The van der Waals surface area contributed by atoms with Gasteiger partial charge in [0.1, 0.15) is 0 Å². The second-order valence-electron chi connectivity index (χ2n) is 3.89. The Labute approximate surface area is 104 Å². The average molecular weight is 290 g/mol. The molecule has 1 heterocycles. The Balaban J connectivity index is 2.32. The van der Waals surface area contributed by atoms with Crippen molar-refractivity contribution in [2.24, 2.45) is 11.7 Å². The highest BCUT2D eigenvalue weighted by Crippen LogP contribution is 2.16. The van der Waals surface area contributed by atoms with Gasteiger partial charge in [-0.15, -0.1) is 0 Å². The molecule has 0 spiro atoms. The first kappa shape index (κ1) is 13.4. The minimum Gasteiger partial charge on any atom is -0.368 e. The first-order chi connectivity index (χ1) is 7.63. The van der Waals surface area contributed by atoms with Crippen LogP contribution >= 0.6 is 15.9 Å². The number of hydrogen-bond acceptors (Lipinski definition) is 3. The fourth-order valence-electron chi connectivity index (χ4n) is 1.32. The number of nitrogens with one attached hydrogen (secondary N) is 1. The van der Waals surface area contributed by atoms with Gasteiger partial charge in [-0.25, -0.2) is 9.37 Å². The van der Waals surface area contributed by atoms with Crippen LogP contribution in [0, 0.1) is 11.7 Å². The molecule has 0 radical (unpaired) electrons. The molecule has 90 valence electrons. The summed E-state index contributed by atoms with van der Waals surface area (Å²) in [5.41, 5.74) is 5.51. The van der Waals surface area contributed by atoms with E-state index in [0.717, 1.165) is 19.4 Å². The molecule has 0 saturated heterocycles. The molecular weight excluding hydrogens is 273 g/mol. The second kappa shape index (κ2) is 6.81. The highest BCUT2D eigenvalue weighted by atomic mass is 79.9. The summed E-state index contributed by atoms with van der Waals surface area (Å²) in [6.45, 7) is 3.53. The van der Waals surface area contributed by atoms with Crippen LogP contribution in [-0.4, -0.2) is 18.1 Å². The third-order valence-electron chi connectivity index (χ3n) is 2.38. The summed E-state index contributed by atoms with van der Waals surface area (Å²) >= 11 is 3.16. The topological polar surface area (TPSA) is 50.9 Å². The molecule has 1 atom stereocenters. The molecule has 0 aliphatic carbocycles. The molecule has 3 nitrogen and oxygen atoms in total. The molecular formula is C11H17BrFN3. The lowest BCUT2D eigenvalue weighted by molar-refractivity contribution is 0.528. The summed E-state index contributed by atoms with van der Waals surface area (Å²) in [6.07, 6.45) is 3.59. The van der Waals surface area contributed by atoms with Gasteiger partial charge < -0.3 is 11.1 Å². The molecule has 0 aliphatic heterocycles. The van der Waals surface area contributed by atoms with E-state index in [2.05, 4.69) is 33.2 Å². The molecule has 0 bridgehead atoms. The van der Waals surface area contributed by atoms with Crippen molar-refractivity contribution in [3.63, 3.8) is 0 Å². The second-order valence-corrected chi connectivity index (χ2v) is 4.81. The first-order valence-electron chi connectivity index (χ1n) is 5.38. The van der Waals surface area contributed by atoms with Crippen LogP contribution in [0.25, 0.3) is 0 Å². The monoisotopic (exact) mass is 289 g/mol. The molecule has 1 rings (SSSR count). The van der Waals surface area contributed by atoms with E-state index >= 15 is 0 Å². The Morgan fingerprint density at radius 1 is 1.62 bits per heavy atom. The molecule has 1 aromatic rings. The van der Waals surface area contributed by atoms with Crippen LogP contribution in [0.3, 0.4) is 0 Å². The van der Waals surface area contributed by atoms with Crippen molar-refractivity contribution in [1.82, 2.24) is 4.98 Å². The number of nitrogens with zero attached hydrogens (tertiary/aromatic N) is 1. The van der Waals surface area contributed by atoms with Crippen molar-refractivity contribution in [2.75, 3.05) is 18.4 Å². The van der Waals surface area contributed by atoms with E-state index in [1.165, 1.54) is 6.07 Å². The quantitative estimate of drug-likeness (QED) is 0.792. The number of halogens is 2. The van der Waals surface area contributed by atoms with Crippen LogP contribution in [0.15, 0.2) is 16.7 Å². The zero-order valence-corrected chi connectivity index (χ0v) is 10.9. The highest BCUT2D eigenvalue weighted by Gasteiger charge is 2.04. The molecule has 3 N–H and O–H groups in total. The van der Waals surface area contributed by atoms with Crippen LogP contribution < -0.4 is 11.1 Å². The Hall–Kier alpha value is -0.680. The van der Waals surface area contributed by atoms with Gasteiger partial charge in [-0.3, -0.25) is 0 Å². The molecule has 0 aliphatic rings. The molecule has 0 aromatic carbocycles. The lowest BCUT2D eigenvalue weighted by Crippen LogP contribution is -2.13. The van der Waals surface area contributed by atoms with Crippen LogP contribution in [0.2, 0.25) is 0 Å². The van der Waals surface area contributed by atoms with Gasteiger partial charge in [0, 0.05) is 17.2 Å². The van der Waals surface area contributed by atoms with E-state index in [9.17, 15) is 4.39 Å². The Kier molecular flexibility index (Phi) is 5.69. The van der Waals surface area contributed by atoms with Crippen LogP contribution in [0.4, 0.5) is 10.2 Å². The van der Waals surface area contributed by atoms with Crippen molar-refractivity contribution in [2.45, 2.75) is 19.8 Å². The molecule has 16 heavy (non-hydrogen) atoms. The predicted octanol–water partition coefficient (Wildman–Crippen LogP) is 2.77. The average Bonchev–Trinajstić information content (AvgIpc) is 2.26. The predicted molar refractivity (Wildman–Crippen MR) is 67.8 cm³/mol.